The van der Waals surface area contributed by atoms with E-state index in [0.717, 1.165) is 6.42 Å². The van der Waals surface area contributed by atoms with Crippen LogP contribution in [0.2, 0.25) is 0 Å². The van der Waals surface area contributed by atoms with Crippen molar-refractivity contribution in [1.29, 1.82) is 0 Å². The minimum absolute atomic E-state index is 0.598. The first-order chi connectivity index (χ1) is 7.84. The average Bonchev–Trinajstić information content (AvgIpc) is 2.41. The summed E-state index contributed by atoms with van der Waals surface area (Å²) in [7, 11) is 0. The molecule has 0 nitrogen and oxygen atoms in total. The predicted octanol–water partition coefficient (Wildman–Crippen LogP) is 4.50. The Morgan fingerprint density at radius 1 is 1.00 bits per heavy atom. The Morgan fingerprint density at radius 3 is 1.94 bits per heavy atom. The number of hydrogen-bond acceptors (Lipinski definition) is 0. The van der Waals surface area contributed by atoms with Gasteiger partial charge in [-0.25, -0.2) is 0 Å². The van der Waals surface area contributed by atoms with Gasteiger partial charge >= 0.3 is 0 Å². The van der Waals surface area contributed by atoms with Crippen molar-refractivity contribution >= 4 is 0 Å². The van der Waals surface area contributed by atoms with Crippen LogP contribution in [-0.4, -0.2) is 0 Å². The molecular formula is C16H18. The van der Waals surface area contributed by atoms with Crippen molar-refractivity contribution in [3.8, 4) is 0 Å². The van der Waals surface area contributed by atoms with Gasteiger partial charge in [0.25, 0.3) is 0 Å². The lowest BCUT2D eigenvalue weighted by molar-refractivity contribution is 0.778. The van der Waals surface area contributed by atoms with E-state index in [1.54, 1.807) is 0 Å². The molecule has 0 aliphatic carbocycles. The average molecular weight is 210 g/mol. The minimum Gasteiger partial charge on any atom is -0.0622 e. The van der Waals surface area contributed by atoms with Crippen LogP contribution in [0.4, 0.5) is 0 Å². The molecule has 2 radical (unpaired) electrons. The van der Waals surface area contributed by atoms with Crippen LogP contribution < -0.4 is 0 Å². The highest BCUT2D eigenvalue weighted by Gasteiger charge is 1.98. The molecule has 0 saturated carbocycles. The first kappa shape index (κ1) is 12.5. The van der Waals surface area contributed by atoms with Gasteiger partial charge in [0.2, 0.25) is 0 Å². The molecular weight excluding hydrogens is 192 g/mol. The molecule has 0 spiro atoms. The quantitative estimate of drug-likeness (QED) is 0.684. The van der Waals surface area contributed by atoms with E-state index < -0.39 is 0 Å². The third-order valence-electron chi connectivity index (χ3n) is 2.41. The number of hydrogen-bond donors (Lipinski definition) is 0. The van der Waals surface area contributed by atoms with Crippen molar-refractivity contribution in [2.45, 2.75) is 19.3 Å². The molecule has 0 aliphatic heterocycles. The van der Waals surface area contributed by atoms with E-state index in [2.05, 4.69) is 44.2 Å². The van der Waals surface area contributed by atoms with Crippen molar-refractivity contribution in [3.63, 3.8) is 0 Å². The Hall–Kier alpha value is -1.56. The van der Waals surface area contributed by atoms with Crippen LogP contribution >= 0.6 is 0 Å². The van der Waals surface area contributed by atoms with E-state index in [4.69, 9.17) is 0 Å². The van der Waals surface area contributed by atoms with Gasteiger partial charge in [-0.15, -0.1) is 0 Å². The van der Waals surface area contributed by atoms with Crippen molar-refractivity contribution < 1.29 is 0 Å². The van der Waals surface area contributed by atoms with Gasteiger partial charge in [0, 0.05) is 0 Å². The molecule has 2 aromatic rings. The zero-order valence-electron chi connectivity index (χ0n) is 9.77. The second-order valence-electron chi connectivity index (χ2n) is 3.68. The number of rotatable bonds is 2. The zero-order chi connectivity index (χ0) is 11.6. The standard InChI is InChI=1S/C10H13.C6H5/c1-3-9(2)10-7-5-4-6-8-10;1-2-4-6-5-3-1/h4-9H,1,3H2,2H3;1-5H. The summed E-state index contributed by atoms with van der Waals surface area (Å²) in [5.41, 5.74) is 1.39. The van der Waals surface area contributed by atoms with Gasteiger partial charge in [-0.3, -0.25) is 0 Å². The molecule has 0 heterocycles. The summed E-state index contributed by atoms with van der Waals surface area (Å²) >= 11 is 0. The zero-order valence-corrected chi connectivity index (χ0v) is 9.77. The molecule has 0 aliphatic rings. The molecule has 0 N–H and O–H groups in total. The van der Waals surface area contributed by atoms with Gasteiger partial charge < -0.3 is 0 Å². The van der Waals surface area contributed by atoms with Gasteiger partial charge in [0.1, 0.15) is 0 Å². The first-order valence-corrected chi connectivity index (χ1v) is 5.60. The molecule has 0 amide bonds. The smallest absolute Gasteiger partial charge is 0.0184 e. The molecule has 2 aromatic carbocycles. The Labute approximate surface area is 99.0 Å². The third-order valence-corrected chi connectivity index (χ3v) is 2.41. The van der Waals surface area contributed by atoms with Crippen LogP contribution in [0, 0.1) is 13.0 Å². The summed E-state index contributed by atoms with van der Waals surface area (Å²) in [6.45, 7) is 6.06. The molecule has 1 atom stereocenters. The molecule has 82 valence electrons. The van der Waals surface area contributed by atoms with E-state index in [0.29, 0.717) is 5.92 Å². The molecule has 0 heteroatoms. The number of benzene rings is 2. The van der Waals surface area contributed by atoms with E-state index in [1.165, 1.54) is 5.56 Å². The summed E-state index contributed by atoms with van der Waals surface area (Å²) in [5, 5.41) is 0. The monoisotopic (exact) mass is 210 g/mol. The first-order valence-electron chi connectivity index (χ1n) is 5.60. The van der Waals surface area contributed by atoms with Crippen molar-refractivity contribution in [2.75, 3.05) is 0 Å². The van der Waals surface area contributed by atoms with Gasteiger partial charge in [-0.2, -0.15) is 0 Å². The Morgan fingerprint density at radius 2 is 1.56 bits per heavy atom. The molecule has 2 rings (SSSR count). The normalized spacial score (nSPS) is 11.1. The predicted molar refractivity (Wildman–Crippen MR) is 70.1 cm³/mol. The van der Waals surface area contributed by atoms with Gasteiger partial charge in [-0.05, 0) is 24.0 Å². The molecule has 0 saturated heterocycles. The molecule has 16 heavy (non-hydrogen) atoms. The largest absolute Gasteiger partial charge is 0.0622 e. The lowest BCUT2D eigenvalue weighted by Gasteiger charge is -2.06. The van der Waals surface area contributed by atoms with E-state index >= 15 is 0 Å². The Kier molecular flexibility index (Phi) is 6.02. The SMILES string of the molecule is [CH2]CC(C)c1ccccc1.[c]1ccccc1. The van der Waals surface area contributed by atoms with Crippen LogP contribution in [0.15, 0.2) is 60.7 Å². The van der Waals surface area contributed by atoms with Crippen LogP contribution in [-0.2, 0) is 0 Å². The summed E-state index contributed by atoms with van der Waals surface area (Å²) in [6.07, 6.45) is 0.976. The van der Waals surface area contributed by atoms with E-state index in [-0.39, 0.29) is 0 Å². The third kappa shape index (κ3) is 4.79. The van der Waals surface area contributed by atoms with E-state index in [9.17, 15) is 0 Å². The fourth-order valence-electron chi connectivity index (χ4n) is 1.29. The highest BCUT2D eigenvalue weighted by atomic mass is 14.0. The fraction of sp³-hybridized carbons (Fsp3) is 0.188. The summed E-state index contributed by atoms with van der Waals surface area (Å²) in [6, 6.07) is 23.0. The fourth-order valence-corrected chi connectivity index (χ4v) is 1.29. The van der Waals surface area contributed by atoms with Crippen molar-refractivity contribution in [3.05, 3.63) is 79.2 Å². The maximum atomic E-state index is 3.86. The van der Waals surface area contributed by atoms with Crippen LogP contribution in [0.1, 0.15) is 24.8 Å². The topological polar surface area (TPSA) is 0 Å². The lowest BCUT2D eigenvalue weighted by atomic mass is 9.99. The van der Waals surface area contributed by atoms with Crippen molar-refractivity contribution in [1.82, 2.24) is 0 Å². The van der Waals surface area contributed by atoms with Crippen molar-refractivity contribution in [2.24, 2.45) is 0 Å². The van der Waals surface area contributed by atoms with Gasteiger partial charge in [-0.1, -0.05) is 74.5 Å². The highest BCUT2D eigenvalue weighted by Crippen LogP contribution is 2.16. The summed E-state index contributed by atoms with van der Waals surface area (Å²) in [5.74, 6) is 0.598. The molecule has 0 aromatic heterocycles. The molecule has 1 unspecified atom stereocenters. The highest BCUT2D eigenvalue weighted by molar-refractivity contribution is 5.18. The summed E-state index contributed by atoms with van der Waals surface area (Å²) < 4.78 is 0. The van der Waals surface area contributed by atoms with Gasteiger partial charge in [0.05, 0.1) is 0 Å². The Bertz CT molecular complexity index is 324. The maximum absolute atomic E-state index is 3.86. The lowest BCUT2D eigenvalue weighted by Crippen LogP contribution is -1.88. The van der Waals surface area contributed by atoms with Crippen LogP contribution in [0.3, 0.4) is 0 Å². The van der Waals surface area contributed by atoms with Gasteiger partial charge in [0.15, 0.2) is 0 Å². The van der Waals surface area contributed by atoms with Crippen LogP contribution in [0.5, 0.6) is 0 Å². The van der Waals surface area contributed by atoms with Crippen LogP contribution in [0.25, 0.3) is 0 Å². The molecule has 0 bridgehead atoms. The Balaban J connectivity index is 0.000000181. The van der Waals surface area contributed by atoms with E-state index in [1.807, 2.05) is 36.4 Å². The summed E-state index contributed by atoms with van der Waals surface area (Å²) in [4.78, 5) is 0. The molecule has 0 fully saturated rings. The minimum atomic E-state index is 0.598. The second-order valence-corrected chi connectivity index (χ2v) is 3.68. The maximum Gasteiger partial charge on any atom is -0.0184 e. The second kappa shape index (κ2) is 7.70.